The fraction of sp³-hybridized carbons (Fsp3) is 0.207. The van der Waals surface area contributed by atoms with Crippen LogP contribution in [0.2, 0.25) is 0 Å². The largest absolute Gasteiger partial charge is 0.334 e. The minimum Gasteiger partial charge on any atom is -0.334 e. The molecule has 1 N–H and O–H groups in total. The van der Waals surface area contributed by atoms with E-state index in [-0.39, 0.29) is 6.03 Å². The third-order valence-electron chi connectivity index (χ3n) is 6.59. The Kier molecular flexibility index (Phi) is 6.41. The first-order valence-corrected chi connectivity index (χ1v) is 13.0. The summed E-state index contributed by atoms with van der Waals surface area (Å²) in [5.41, 5.74) is 7.62. The average molecular weight is 497 g/mol. The number of urea groups is 1. The second-order valence-electron chi connectivity index (χ2n) is 9.05. The van der Waals surface area contributed by atoms with Gasteiger partial charge in [0.25, 0.3) is 5.89 Å². The molecule has 1 aliphatic rings. The van der Waals surface area contributed by atoms with Crippen LogP contribution in [-0.4, -0.2) is 22.4 Å². The van der Waals surface area contributed by atoms with Gasteiger partial charge in [-0.1, -0.05) is 53.2 Å². The first-order valence-electron chi connectivity index (χ1n) is 11.8. The molecular weight excluding hydrogens is 468 g/mol. The summed E-state index contributed by atoms with van der Waals surface area (Å²) in [6.45, 7) is 8.12. The second kappa shape index (κ2) is 9.66. The first kappa shape index (κ1) is 23.9. The second-order valence-corrected chi connectivity index (χ2v) is 9.93. The number of hydrogen-bond donors (Lipinski definition) is 1. The molecule has 0 saturated carbocycles. The SMILES string of the molecule is CSc1cccc(N2C(=O)NC(c3ccc(C)c(C)c3)C(c3nc(-c4cccc(C)c4)no3)=C2C)c1. The fourth-order valence-corrected chi connectivity index (χ4v) is 4.96. The van der Waals surface area contributed by atoms with Gasteiger partial charge >= 0.3 is 6.03 Å². The summed E-state index contributed by atoms with van der Waals surface area (Å²) in [4.78, 5) is 21.0. The van der Waals surface area contributed by atoms with E-state index in [1.165, 1.54) is 5.56 Å². The number of rotatable bonds is 5. The van der Waals surface area contributed by atoms with Crippen LogP contribution >= 0.6 is 11.8 Å². The predicted octanol–water partition coefficient (Wildman–Crippen LogP) is 7.09. The Bertz CT molecular complexity index is 1490. The maximum absolute atomic E-state index is 13.5. The van der Waals surface area contributed by atoms with E-state index >= 15 is 0 Å². The number of hydrogen-bond acceptors (Lipinski definition) is 5. The van der Waals surface area contributed by atoms with Gasteiger partial charge in [-0.3, -0.25) is 4.90 Å². The molecule has 2 amide bonds. The van der Waals surface area contributed by atoms with E-state index in [0.29, 0.717) is 11.7 Å². The minimum absolute atomic E-state index is 0.198. The number of carbonyl (C=O) groups is 1. The van der Waals surface area contributed by atoms with E-state index in [1.807, 2.05) is 74.7 Å². The summed E-state index contributed by atoms with van der Waals surface area (Å²) in [5.74, 6) is 0.902. The van der Waals surface area contributed by atoms with Gasteiger partial charge in [0.15, 0.2) is 0 Å². The Morgan fingerprint density at radius 3 is 2.50 bits per heavy atom. The molecule has 2 heterocycles. The van der Waals surface area contributed by atoms with Crippen LogP contribution in [0.15, 0.2) is 81.8 Å². The van der Waals surface area contributed by atoms with Crippen LogP contribution in [0.5, 0.6) is 0 Å². The molecule has 1 unspecified atom stereocenters. The summed E-state index contributed by atoms with van der Waals surface area (Å²) >= 11 is 1.63. The van der Waals surface area contributed by atoms with Crippen molar-refractivity contribution in [2.45, 2.75) is 38.6 Å². The molecule has 5 rings (SSSR count). The quantitative estimate of drug-likeness (QED) is 0.299. The zero-order chi connectivity index (χ0) is 25.4. The molecule has 0 fully saturated rings. The van der Waals surface area contributed by atoms with E-state index in [1.54, 1.807) is 16.7 Å². The molecular formula is C29H28N4O2S. The third kappa shape index (κ3) is 4.42. The lowest BCUT2D eigenvalue weighted by atomic mass is 9.92. The first-order chi connectivity index (χ1) is 17.4. The van der Waals surface area contributed by atoms with Crippen LogP contribution in [-0.2, 0) is 0 Å². The number of allylic oxidation sites excluding steroid dienone is 1. The molecule has 3 aromatic carbocycles. The lowest BCUT2D eigenvalue weighted by molar-refractivity contribution is 0.244. The monoisotopic (exact) mass is 496 g/mol. The van der Waals surface area contributed by atoms with Gasteiger partial charge in [0.05, 0.1) is 17.3 Å². The van der Waals surface area contributed by atoms with Crippen LogP contribution < -0.4 is 10.2 Å². The third-order valence-corrected chi connectivity index (χ3v) is 7.32. The molecule has 36 heavy (non-hydrogen) atoms. The molecule has 4 aromatic rings. The molecule has 1 atom stereocenters. The number of carbonyl (C=O) groups excluding carboxylic acids is 1. The van der Waals surface area contributed by atoms with Crippen molar-refractivity contribution in [1.82, 2.24) is 15.5 Å². The Balaban J connectivity index is 1.67. The number of amides is 2. The highest BCUT2D eigenvalue weighted by Crippen LogP contribution is 2.40. The van der Waals surface area contributed by atoms with E-state index in [0.717, 1.165) is 44.1 Å². The summed E-state index contributed by atoms with van der Waals surface area (Å²) in [5, 5.41) is 7.48. The summed E-state index contributed by atoms with van der Waals surface area (Å²) in [6.07, 6.45) is 2.02. The molecule has 0 aliphatic carbocycles. The van der Waals surface area contributed by atoms with Crippen LogP contribution in [0.4, 0.5) is 10.5 Å². The molecule has 0 spiro atoms. The molecule has 182 valence electrons. The Morgan fingerprint density at radius 2 is 1.75 bits per heavy atom. The standard InChI is InChI=1S/C29H28N4O2S/c1-17-8-6-9-22(14-17)27-31-28(35-32-27)25-20(4)33(23-10-7-11-24(16-23)36-5)29(34)30-26(25)21-13-12-18(2)19(3)15-21/h6-16,26H,1-5H3,(H,30,34). The highest BCUT2D eigenvalue weighted by atomic mass is 32.2. The van der Waals surface area contributed by atoms with E-state index in [4.69, 9.17) is 9.51 Å². The molecule has 0 bridgehead atoms. The highest BCUT2D eigenvalue weighted by molar-refractivity contribution is 7.98. The van der Waals surface area contributed by atoms with Crippen molar-refractivity contribution < 1.29 is 9.32 Å². The lowest BCUT2D eigenvalue weighted by Gasteiger charge is -2.35. The molecule has 1 aliphatic heterocycles. The van der Waals surface area contributed by atoms with Gasteiger partial charge in [-0.05, 0) is 74.9 Å². The van der Waals surface area contributed by atoms with E-state index in [9.17, 15) is 4.79 Å². The van der Waals surface area contributed by atoms with Crippen molar-refractivity contribution in [3.63, 3.8) is 0 Å². The maximum Gasteiger partial charge on any atom is 0.326 e. The van der Waals surface area contributed by atoms with Gasteiger partial charge in [-0.25, -0.2) is 4.79 Å². The number of thioether (sulfide) groups is 1. The number of aromatic nitrogens is 2. The van der Waals surface area contributed by atoms with Gasteiger partial charge in [-0.15, -0.1) is 11.8 Å². The maximum atomic E-state index is 13.5. The average Bonchev–Trinajstić information content (AvgIpc) is 3.35. The lowest BCUT2D eigenvalue weighted by Crippen LogP contribution is -2.46. The molecule has 0 radical (unpaired) electrons. The van der Waals surface area contributed by atoms with E-state index < -0.39 is 6.04 Å². The fourth-order valence-electron chi connectivity index (χ4n) is 4.51. The summed E-state index contributed by atoms with van der Waals surface area (Å²) in [7, 11) is 0. The van der Waals surface area contributed by atoms with E-state index in [2.05, 4.69) is 36.5 Å². The Hall–Kier alpha value is -3.84. The van der Waals surface area contributed by atoms with Crippen molar-refractivity contribution >= 4 is 29.1 Å². The zero-order valence-electron chi connectivity index (χ0n) is 21.0. The predicted molar refractivity (Wildman–Crippen MR) is 145 cm³/mol. The molecule has 6 nitrogen and oxygen atoms in total. The molecule has 7 heteroatoms. The normalized spacial score (nSPS) is 15.9. The Labute approximate surface area is 215 Å². The van der Waals surface area contributed by atoms with Crippen molar-refractivity contribution in [2.24, 2.45) is 0 Å². The van der Waals surface area contributed by atoms with Gasteiger partial charge in [0.2, 0.25) is 5.82 Å². The van der Waals surface area contributed by atoms with Gasteiger partial charge < -0.3 is 9.84 Å². The summed E-state index contributed by atoms with van der Waals surface area (Å²) in [6, 6.07) is 21.5. The van der Waals surface area contributed by atoms with Crippen LogP contribution in [0.3, 0.4) is 0 Å². The van der Waals surface area contributed by atoms with Crippen molar-refractivity contribution in [1.29, 1.82) is 0 Å². The van der Waals surface area contributed by atoms with Crippen LogP contribution in [0.25, 0.3) is 17.0 Å². The van der Waals surface area contributed by atoms with Crippen LogP contribution in [0.1, 0.15) is 41.1 Å². The zero-order valence-corrected chi connectivity index (χ0v) is 21.8. The number of aryl methyl sites for hydroxylation is 3. The smallest absolute Gasteiger partial charge is 0.326 e. The topological polar surface area (TPSA) is 71.3 Å². The van der Waals surface area contributed by atoms with Gasteiger partial charge in [-0.2, -0.15) is 4.98 Å². The van der Waals surface area contributed by atoms with Crippen molar-refractivity contribution in [2.75, 3.05) is 11.2 Å². The highest BCUT2D eigenvalue weighted by Gasteiger charge is 2.36. The molecule has 0 saturated heterocycles. The number of nitrogens with zero attached hydrogens (tertiary/aromatic N) is 3. The van der Waals surface area contributed by atoms with Crippen molar-refractivity contribution in [3.05, 3.63) is 101 Å². The molecule has 1 aromatic heterocycles. The van der Waals surface area contributed by atoms with Crippen molar-refractivity contribution in [3.8, 4) is 11.4 Å². The van der Waals surface area contributed by atoms with Crippen LogP contribution in [0, 0.1) is 20.8 Å². The summed E-state index contributed by atoms with van der Waals surface area (Å²) < 4.78 is 5.84. The number of benzene rings is 3. The number of anilines is 1. The number of nitrogens with one attached hydrogen (secondary N) is 1. The van der Waals surface area contributed by atoms with Gasteiger partial charge in [0.1, 0.15) is 0 Å². The Morgan fingerprint density at radius 1 is 0.944 bits per heavy atom. The minimum atomic E-state index is -0.428. The van der Waals surface area contributed by atoms with Gasteiger partial charge in [0, 0.05) is 16.2 Å².